The first-order valence-electron chi connectivity index (χ1n) is 7.10. The number of hydrogen-bond acceptors (Lipinski definition) is 1. The number of carbonyl (C=O) groups is 1. The topological polar surface area (TPSA) is 17.1 Å². The molecule has 0 fully saturated rings. The Kier molecular flexibility index (Phi) is 9.91. The molecule has 0 aliphatic heterocycles. The van der Waals surface area contributed by atoms with E-state index in [0.29, 0.717) is 12.3 Å². The van der Waals surface area contributed by atoms with E-state index in [1.165, 1.54) is 32.1 Å². The molecule has 0 aliphatic carbocycles. The standard InChI is InChI=1S/C15H29ClO/c1-12(2)7-5-8-13(3)9-6-10-14(4)11-15(16)17/h12-14H,5-11H2,1-4H3. The summed E-state index contributed by atoms with van der Waals surface area (Å²) in [5.41, 5.74) is 0. The van der Waals surface area contributed by atoms with Gasteiger partial charge in [0.15, 0.2) is 0 Å². The molecule has 0 saturated carbocycles. The van der Waals surface area contributed by atoms with Crippen molar-refractivity contribution in [1.82, 2.24) is 0 Å². The summed E-state index contributed by atoms with van der Waals surface area (Å²) in [7, 11) is 0. The SMILES string of the molecule is CC(C)CCCC(C)CCCC(C)CC(=O)Cl. The third kappa shape index (κ3) is 12.2. The number of halogens is 1. The Bertz CT molecular complexity index is 201. The van der Waals surface area contributed by atoms with Crippen molar-refractivity contribution in [3.63, 3.8) is 0 Å². The Morgan fingerprint density at radius 2 is 1.35 bits per heavy atom. The minimum atomic E-state index is -0.192. The molecular formula is C15H29ClO. The van der Waals surface area contributed by atoms with Crippen LogP contribution in [0.25, 0.3) is 0 Å². The molecule has 0 aromatic carbocycles. The molecule has 0 saturated heterocycles. The molecule has 2 atom stereocenters. The fourth-order valence-electron chi connectivity index (χ4n) is 2.21. The van der Waals surface area contributed by atoms with Crippen LogP contribution < -0.4 is 0 Å². The minimum Gasteiger partial charge on any atom is -0.281 e. The first-order chi connectivity index (χ1) is 7.91. The number of rotatable bonds is 10. The maximum Gasteiger partial charge on any atom is 0.221 e. The Morgan fingerprint density at radius 3 is 1.82 bits per heavy atom. The van der Waals surface area contributed by atoms with Crippen LogP contribution in [-0.4, -0.2) is 5.24 Å². The van der Waals surface area contributed by atoms with Crippen LogP contribution in [0.4, 0.5) is 0 Å². The van der Waals surface area contributed by atoms with Crippen molar-refractivity contribution in [3.8, 4) is 0 Å². The van der Waals surface area contributed by atoms with Gasteiger partial charge in [0.2, 0.25) is 5.24 Å². The van der Waals surface area contributed by atoms with Crippen LogP contribution in [0.1, 0.15) is 72.6 Å². The molecule has 1 nitrogen and oxygen atoms in total. The molecule has 0 radical (unpaired) electrons. The molecule has 17 heavy (non-hydrogen) atoms. The lowest BCUT2D eigenvalue weighted by Gasteiger charge is -2.13. The second kappa shape index (κ2) is 9.94. The lowest BCUT2D eigenvalue weighted by molar-refractivity contribution is -0.112. The summed E-state index contributed by atoms with van der Waals surface area (Å²) in [6.07, 6.45) is 8.24. The minimum absolute atomic E-state index is 0.192. The average molecular weight is 261 g/mol. The highest BCUT2D eigenvalue weighted by atomic mass is 35.5. The second-order valence-corrected chi connectivity index (χ2v) is 6.45. The van der Waals surface area contributed by atoms with E-state index in [2.05, 4.69) is 27.7 Å². The van der Waals surface area contributed by atoms with E-state index in [4.69, 9.17) is 11.6 Å². The van der Waals surface area contributed by atoms with E-state index in [0.717, 1.165) is 18.3 Å². The summed E-state index contributed by atoms with van der Waals surface area (Å²) >= 11 is 5.37. The third-order valence-corrected chi connectivity index (χ3v) is 3.54. The van der Waals surface area contributed by atoms with Gasteiger partial charge in [-0.15, -0.1) is 0 Å². The molecule has 0 spiro atoms. The van der Waals surface area contributed by atoms with Crippen molar-refractivity contribution in [3.05, 3.63) is 0 Å². The van der Waals surface area contributed by atoms with Crippen LogP contribution in [0, 0.1) is 17.8 Å². The van der Waals surface area contributed by atoms with E-state index >= 15 is 0 Å². The maximum absolute atomic E-state index is 10.7. The molecule has 0 N–H and O–H groups in total. The fraction of sp³-hybridized carbons (Fsp3) is 0.933. The summed E-state index contributed by atoms with van der Waals surface area (Å²) < 4.78 is 0. The van der Waals surface area contributed by atoms with Crippen LogP contribution >= 0.6 is 11.6 Å². The summed E-state index contributed by atoms with van der Waals surface area (Å²) in [5.74, 6) is 2.10. The van der Waals surface area contributed by atoms with Gasteiger partial charge in [0.05, 0.1) is 0 Å². The molecule has 0 bridgehead atoms. The number of hydrogen-bond donors (Lipinski definition) is 0. The van der Waals surface area contributed by atoms with Gasteiger partial charge in [0.25, 0.3) is 0 Å². The van der Waals surface area contributed by atoms with E-state index in [1.807, 2.05) is 0 Å². The van der Waals surface area contributed by atoms with Gasteiger partial charge < -0.3 is 0 Å². The van der Waals surface area contributed by atoms with Gasteiger partial charge in [-0.25, -0.2) is 0 Å². The highest BCUT2D eigenvalue weighted by molar-refractivity contribution is 6.63. The second-order valence-electron chi connectivity index (χ2n) is 6.03. The Hall–Kier alpha value is -0.0400. The van der Waals surface area contributed by atoms with E-state index in [1.54, 1.807) is 0 Å². The van der Waals surface area contributed by atoms with E-state index in [9.17, 15) is 4.79 Å². The Morgan fingerprint density at radius 1 is 0.882 bits per heavy atom. The normalized spacial score (nSPS) is 14.9. The first kappa shape index (κ1) is 17.0. The van der Waals surface area contributed by atoms with Crippen LogP contribution in [0.15, 0.2) is 0 Å². The monoisotopic (exact) mass is 260 g/mol. The van der Waals surface area contributed by atoms with Crippen LogP contribution in [0.2, 0.25) is 0 Å². The molecule has 102 valence electrons. The summed E-state index contributed by atoms with van der Waals surface area (Å²) in [6.45, 7) is 9.03. The molecule has 0 rings (SSSR count). The van der Waals surface area contributed by atoms with Crippen molar-refractivity contribution in [2.45, 2.75) is 72.6 Å². The van der Waals surface area contributed by atoms with Crippen molar-refractivity contribution in [2.75, 3.05) is 0 Å². The zero-order chi connectivity index (χ0) is 13.3. The predicted molar refractivity (Wildman–Crippen MR) is 76.3 cm³/mol. The third-order valence-electron chi connectivity index (χ3n) is 3.38. The molecule has 2 heteroatoms. The largest absolute Gasteiger partial charge is 0.281 e. The summed E-state index contributed by atoms with van der Waals surface area (Å²) in [4.78, 5) is 10.7. The van der Waals surface area contributed by atoms with Gasteiger partial charge >= 0.3 is 0 Å². The molecule has 0 heterocycles. The van der Waals surface area contributed by atoms with E-state index in [-0.39, 0.29) is 5.24 Å². The zero-order valence-electron chi connectivity index (χ0n) is 12.0. The molecule has 0 aliphatic rings. The quantitative estimate of drug-likeness (QED) is 0.480. The number of carbonyl (C=O) groups excluding carboxylic acids is 1. The molecular weight excluding hydrogens is 232 g/mol. The smallest absolute Gasteiger partial charge is 0.221 e. The average Bonchev–Trinajstić information content (AvgIpc) is 2.15. The summed E-state index contributed by atoms with van der Waals surface area (Å²) in [5, 5.41) is -0.192. The van der Waals surface area contributed by atoms with Gasteiger partial charge in [-0.05, 0) is 29.4 Å². The fourth-order valence-corrected chi connectivity index (χ4v) is 2.47. The van der Waals surface area contributed by atoms with Gasteiger partial charge in [0, 0.05) is 6.42 Å². The highest BCUT2D eigenvalue weighted by Gasteiger charge is 2.08. The lowest BCUT2D eigenvalue weighted by atomic mass is 9.93. The first-order valence-corrected chi connectivity index (χ1v) is 7.48. The van der Waals surface area contributed by atoms with E-state index < -0.39 is 0 Å². The van der Waals surface area contributed by atoms with Gasteiger partial charge in [0.1, 0.15) is 0 Å². The summed E-state index contributed by atoms with van der Waals surface area (Å²) in [6, 6.07) is 0. The molecule has 2 unspecified atom stereocenters. The van der Waals surface area contributed by atoms with Crippen molar-refractivity contribution >= 4 is 16.8 Å². The Labute approximate surface area is 112 Å². The zero-order valence-corrected chi connectivity index (χ0v) is 12.7. The van der Waals surface area contributed by atoms with Gasteiger partial charge in [-0.3, -0.25) is 4.79 Å². The molecule has 0 aromatic heterocycles. The van der Waals surface area contributed by atoms with Crippen LogP contribution in [0.5, 0.6) is 0 Å². The molecule has 0 amide bonds. The predicted octanol–water partition coefficient (Wildman–Crippen LogP) is 5.41. The van der Waals surface area contributed by atoms with Crippen molar-refractivity contribution in [1.29, 1.82) is 0 Å². The maximum atomic E-state index is 10.7. The highest BCUT2D eigenvalue weighted by Crippen LogP contribution is 2.20. The van der Waals surface area contributed by atoms with Crippen molar-refractivity contribution in [2.24, 2.45) is 17.8 Å². The lowest BCUT2D eigenvalue weighted by Crippen LogP contribution is -2.02. The Balaban J connectivity index is 3.44. The van der Waals surface area contributed by atoms with Crippen LogP contribution in [0.3, 0.4) is 0 Å². The van der Waals surface area contributed by atoms with Crippen molar-refractivity contribution < 1.29 is 4.79 Å². The van der Waals surface area contributed by atoms with Crippen LogP contribution in [-0.2, 0) is 4.79 Å². The molecule has 0 aromatic rings. The van der Waals surface area contributed by atoms with Gasteiger partial charge in [-0.1, -0.05) is 66.2 Å². The van der Waals surface area contributed by atoms with Gasteiger partial charge in [-0.2, -0.15) is 0 Å².